The number of aliphatic hydroxyl groups excluding tert-OH is 2. The van der Waals surface area contributed by atoms with Crippen molar-refractivity contribution < 1.29 is 19.7 Å². The van der Waals surface area contributed by atoms with E-state index in [0.717, 1.165) is 24.0 Å². The van der Waals surface area contributed by atoms with Gasteiger partial charge in [-0.3, -0.25) is 0 Å². The van der Waals surface area contributed by atoms with E-state index in [1.807, 2.05) is 45.0 Å². The fraction of sp³-hybridized carbons (Fsp3) is 0.611. The van der Waals surface area contributed by atoms with Crippen LogP contribution in [-0.2, 0) is 17.8 Å². The number of hydrogen-bond acceptors (Lipinski definition) is 4. The predicted octanol–water partition coefficient (Wildman–Crippen LogP) is 2.34. The highest BCUT2D eigenvalue weighted by Crippen LogP contribution is 2.28. The van der Waals surface area contributed by atoms with Gasteiger partial charge in [0.05, 0.1) is 19.3 Å². The maximum atomic E-state index is 12.3. The summed E-state index contributed by atoms with van der Waals surface area (Å²) in [6, 6.07) is 7.66. The van der Waals surface area contributed by atoms with Crippen molar-refractivity contribution >= 4 is 6.09 Å². The number of benzene rings is 1. The lowest BCUT2D eigenvalue weighted by Gasteiger charge is -2.27. The third-order valence-corrected chi connectivity index (χ3v) is 4.04. The fourth-order valence-electron chi connectivity index (χ4n) is 3.07. The van der Waals surface area contributed by atoms with Crippen LogP contribution in [-0.4, -0.2) is 46.0 Å². The van der Waals surface area contributed by atoms with Gasteiger partial charge in [0.25, 0.3) is 0 Å². The Morgan fingerprint density at radius 2 is 2.00 bits per heavy atom. The van der Waals surface area contributed by atoms with Crippen LogP contribution in [0, 0.1) is 5.92 Å². The normalized spacial score (nSPS) is 21.5. The monoisotopic (exact) mass is 321 g/mol. The molecule has 2 atom stereocenters. The number of likely N-dealkylation sites (tertiary alicyclic amines) is 1. The summed E-state index contributed by atoms with van der Waals surface area (Å²) in [6.45, 7) is 6.09. The van der Waals surface area contributed by atoms with E-state index in [2.05, 4.69) is 0 Å². The highest BCUT2D eigenvalue weighted by molar-refractivity contribution is 5.69. The van der Waals surface area contributed by atoms with Gasteiger partial charge >= 0.3 is 6.09 Å². The molecule has 1 aliphatic rings. The zero-order valence-corrected chi connectivity index (χ0v) is 14.2. The van der Waals surface area contributed by atoms with E-state index in [1.165, 1.54) is 0 Å². The maximum absolute atomic E-state index is 12.3. The SMILES string of the molecule is CC(C)(C)OC(=O)N1C[C@H](Cc2cccc(CO)c2)C[C@H]1CO. The lowest BCUT2D eigenvalue weighted by molar-refractivity contribution is 0.0172. The molecule has 0 saturated carbocycles. The summed E-state index contributed by atoms with van der Waals surface area (Å²) in [7, 11) is 0. The minimum absolute atomic E-state index is 0.0296. The molecular formula is C18H27NO4. The molecule has 1 amide bonds. The average molecular weight is 321 g/mol. The summed E-state index contributed by atoms with van der Waals surface area (Å²) in [5, 5.41) is 18.8. The third kappa shape index (κ3) is 4.94. The first-order chi connectivity index (χ1) is 10.8. The van der Waals surface area contributed by atoms with Crippen LogP contribution < -0.4 is 0 Å². The highest BCUT2D eigenvalue weighted by Gasteiger charge is 2.37. The molecule has 1 fully saturated rings. The van der Waals surface area contributed by atoms with Gasteiger partial charge in [-0.2, -0.15) is 0 Å². The minimum atomic E-state index is -0.537. The smallest absolute Gasteiger partial charge is 0.410 e. The Morgan fingerprint density at radius 1 is 1.30 bits per heavy atom. The number of carbonyl (C=O) groups is 1. The first kappa shape index (κ1) is 17.8. The summed E-state index contributed by atoms with van der Waals surface area (Å²) in [5.41, 5.74) is 1.50. The van der Waals surface area contributed by atoms with Crippen molar-refractivity contribution in [3.63, 3.8) is 0 Å². The molecule has 5 nitrogen and oxygen atoms in total. The average Bonchev–Trinajstić information content (AvgIpc) is 2.89. The van der Waals surface area contributed by atoms with Crippen molar-refractivity contribution in [2.24, 2.45) is 5.92 Å². The molecule has 1 aromatic rings. The van der Waals surface area contributed by atoms with Crippen LogP contribution in [0.25, 0.3) is 0 Å². The molecule has 23 heavy (non-hydrogen) atoms. The van der Waals surface area contributed by atoms with Gasteiger partial charge in [0.1, 0.15) is 5.60 Å². The zero-order valence-electron chi connectivity index (χ0n) is 14.2. The van der Waals surface area contributed by atoms with Crippen LogP contribution >= 0.6 is 0 Å². The molecule has 0 aromatic heterocycles. The topological polar surface area (TPSA) is 70.0 Å². The quantitative estimate of drug-likeness (QED) is 0.893. The van der Waals surface area contributed by atoms with E-state index in [4.69, 9.17) is 4.74 Å². The summed E-state index contributed by atoms with van der Waals surface area (Å²) in [5.74, 6) is 0.286. The largest absolute Gasteiger partial charge is 0.444 e. The molecule has 0 aliphatic carbocycles. The first-order valence-electron chi connectivity index (χ1n) is 8.11. The van der Waals surface area contributed by atoms with Gasteiger partial charge in [-0.25, -0.2) is 4.79 Å². The summed E-state index contributed by atoms with van der Waals surface area (Å²) in [6.07, 6.45) is 1.23. The molecule has 5 heteroatoms. The number of amides is 1. The molecular weight excluding hydrogens is 294 g/mol. The van der Waals surface area contributed by atoms with Gasteiger partial charge in [0.2, 0.25) is 0 Å². The molecule has 1 aromatic carbocycles. The van der Waals surface area contributed by atoms with Crippen LogP contribution in [0.15, 0.2) is 24.3 Å². The minimum Gasteiger partial charge on any atom is -0.444 e. The van der Waals surface area contributed by atoms with Crippen LogP contribution in [0.4, 0.5) is 4.79 Å². The molecule has 128 valence electrons. The zero-order chi connectivity index (χ0) is 17.0. The highest BCUT2D eigenvalue weighted by atomic mass is 16.6. The standard InChI is InChI=1S/C18H27NO4/c1-18(2,3)23-17(22)19-10-15(9-16(19)12-21)8-13-5-4-6-14(7-13)11-20/h4-7,15-16,20-21H,8-12H2,1-3H3/t15-,16+/m1/s1. The Kier molecular flexibility index (Phi) is 5.65. The number of aliphatic hydroxyl groups is 2. The van der Waals surface area contributed by atoms with E-state index < -0.39 is 5.60 Å². The van der Waals surface area contributed by atoms with Gasteiger partial charge in [-0.1, -0.05) is 24.3 Å². The Balaban J connectivity index is 2.01. The Labute approximate surface area is 137 Å². The van der Waals surface area contributed by atoms with E-state index in [1.54, 1.807) is 4.90 Å². The second-order valence-electron chi connectivity index (χ2n) is 7.25. The molecule has 1 heterocycles. The lowest BCUT2D eigenvalue weighted by atomic mass is 9.96. The van der Waals surface area contributed by atoms with E-state index in [-0.39, 0.29) is 31.3 Å². The molecule has 0 unspecified atom stereocenters. The molecule has 1 saturated heterocycles. The molecule has 0 spiro atoms. The van der Waals surface area contributed by atoms with Crippen molar-refractivity contribution in [2.75, 3.05) is 13.2 Å². The molecule has 0 bridgehead atoms. The Hall–Kier alpha value is -1.59. The third-order valence-electron chi connectivity index (χ3n) is 4.04. The summed E-state index contributed by atoms with van der Waals surface area (Å²) < 4.78 is 5.43. The van der Waals surface area contributed by atoms with Crippen molar-refractivity contribution in [1.29, 1.82) is 0 Å². The van der Waals surface area contributed by atoms with Gasteiger partial charge in [-0.15, -0.1) is 0 Å². The number of hydrogen-bond donors (Lipinski definition) is 2. The number of ether oxygens (including phenoxy) is 1. The van der Waals surface area contributed by atoms with Gasteiger partial charge in [0.15, 0.2) is 0 Å². The van der Waals surface area contributed by atoms with Crippen LogP contribution in [0.1, 0.15) is 38.3 Å². The maximum Gasteiger partial charge on any atom is 0.410 e. The van der Waals surface area contributed by atoms with Crippen LogP contribution in [0.2, 0.25) is 0 Å². The van der Waals surface area contributed by atoms with Crippen molar-refractivity contribution in [1.82, 2.24) is 4.90 Å². The van der Waals surface area contributed by atoms with Crippen molar-refractivity contribution in [3.8, 4) is 0 Å². The fourth-order valence-corrected chi connectivity index (χ4v) is 3.07. The van der Waals surface area contributed by atoms with Gasteiger partial charge in [-0.05, 0) is 50.7 Å². The predicted molar refractivity (Wildman–Crippen MR) is 88.0 cm³/mol. The van der Waals surface area contributed by atoms with Crippen LogP contribution in [0.5, 0.6) is 0 Å². The molecule has 2 rings (SSSR count). The number of carbonyl (C=O) groups excluding carboxylic acids is 1. The number of rotatable bonds is 4. The van der Waals surface area contributed by atoms with Gasteiger partial charge in [0, 0.05) is 6.54 Å². The lowest BCUT2D eigenvalue weighted by Crippen LogP contribution is -2.41. The van der Waals surface area contributed by atoms with Crippen LogP contribution in [0.3, 0.4) is 0 Å². The molecule has 2 N–H and O–H groups in total. The van der Waals surface area contributed by atoms with E-state index >= 15 is 0 Å². The van der Waals surface area contributed by atoms with Gasteiger partial charge < -0.3 is 19.8 Å². The molecule has 1 aliphatic heterocycles. The van der Waals surface area contributed by atoms with Crippen molar-refractivity contribution in [3.05, 3.63) is 35.4 Å². The van der Waals surface area contributed by atoms with Crippen molar-refractivity contribution in [2.45, 2.75) is 51.9 Å². The summed E-state index contributed by atoms with van der Waals surface area (Å²) >= 11 is 0. The first-order valence-corrected chi connectivity index (χ1v) is 8.11. The van der Waals surface area contributed by atoms with E-state index in [0.29, 0.717) is 6.54 Å². The molecule has 0 radical (unpaired) electrons. The Morgan fingerprint density at radius 3 is 2.61 bits per heavy atom. The summed E-state index contributed by atoms with van der Waals surface area (Å²) in [4.78, 5) is 13.9. The number of nitrogens with zero attached hydrogens (tertiary/aromatic N) is 1. The Bertz CT molecular complexity index is 538. The second kappa shape index (κ2) is 7.32. The second-order valence-corrected chi connectivity index (χ2v) is 7.25. The van der Waals surface area contributed by atoms with E-state index in [9.17, 15) is 15.0 Å².